The van der Waals surface area contributed by atoms with Gasteiger partial charge in [0.15, 0.2) is 0 Å². The molecule has 1 aromatic rings. The van der Waals surface area contributed by atoms with E-state index in [2.05, 4.69) is 0 Å². The van der Waals surface area contributed by atoms with Gasteiger partial charge in [0.05, 0.1) is 11.3 Å². The summed E-state index contributed by atoms with van der Waals surface area (Å²) < 4.78 is 26.8. The third-order valence-corrected chi connectivity index (χ3v) is 6.24. The van der Waals surface area contributed by atoms with Crippen LogP contribution in [0.15, 0.2) is 29.2 Å². The van der Waals surface area contributed by atoms with Gasteiger partial charge in [0.2, 0.25) is 15.9 Å². The number of hydrogen-bond donors (Lipinski definition) is 1. The second-order valence-electron chi connectivity index (χ2n) is 6.40. The monoisotopic (exact) mass is 368 g/mol. The minimum Gasteiger partial charge on any atom is -0.481 e. The number of benzene rings is 1. The lowest BCUT2D eigenvalue weighted by molar-refractivity contribution is -0.141. The van der Waals surface area contributed by atoms with Crippen LogP contribution in [0.25, 0.3) is 0 Å². The molecule has 0 aliphatic carbocycles. The predicted octanol–water partition coefficient (Wildman–Crippen LogP) is 1.51. The number of sulfonamides is 1. The van der Waals surface area contributed by atoms with E-state index in [1.165, 1.54) is 9.21 Å². The summed E-state index contributed by atoms with van der Waals surface area (Å²) in [5.41, 5.74) is 1.08. The van der Waals surface area contributed by atoms with Crippen LogP contribution in [0, 0.1) is 0 Å². The Morgan fingerprint density at radius 1 is 1.04 bits per heavy atom. The first kappa shape index (κ1) is 19.4. The van der Waals surface area contributed by atoms with E-state index < -0.39 is 16.0 Å². The second kappa shape index (κ2) is 7.97. The molecule has 0 saturated carbocycles. The number of nitrogens with zero attached hydrogens (tertiary/aromatic N) is 2. The molecule has 1 saturated heterocycles. The van der Waals surface area contributed by atoms with Gasteiger partial charge >= 0.3 is 5.97 Å². The van der Waals surface area contributed by atoms with Crippen molar-refractivity contribution < 1.29 is 23.1 Å². The first-order chi connectivity index (χ1) is 11.7. The lowest BCUT2D eigenvalue weighted by Gasteiger charge is -2.34. The van der Waals surface area contributed by atoms with Crippen LogP contribution in [-0.4, -0.2) is 60.8 Å². The Labute approximate surface area is 148 Å². The van der Waals surface area contributed by atoms with E-state index in [4.69, 9.17) is 5.11 Å². The molecule has 1 fully saturated rings. The molecule has 138 valence electrons. The van der Waals surface area contributed by atoms with Gasteiger partial charge in [0.25, 0.3) is 0 Å². The Bertz CT molecular complexity index is 720. The summed E-state index contributed by atoms with van der Waals surface area (Å²) >= 11 is 0. The number of carbonyl (C=O) groups excluding carboxylic acids is 1. The molecule has 0 unspecified atom stereocenters. The van der Waals surface area contributed by atoms with Gasteiger partial charge in [-0.2, -0.15) is 4.31 Å². The van der Waals surface area contributed by atoms with Crippen LogP contribution in [0.3, 0.4) is 0 Å². The van der Waals surface area contributed by atoms with Crippen LogP contribution in [0.4, 0.5) is 0 Å². The molecule has 0 spiro atoms. The molecule has 1 aliphatic rings. The van der Waals surface area contributed by atoms with Gasteiger partial charge in [-0.05, 0) is 23.6 Å². The number of amides is 1. The molecule has 7 nitrogen and oxygen atoms in total. The molecule has 0 radical (unpaired) electrons. The van der Waals surface area contributed by atoms with E-state index in [0.29, 0.717) is 5.92 Å². The van der Waals surface area contributed by atoms with Gasteiger partial charge in [-0.15, -0.1) is 0 Å². The van der Waals surface area contributed by atoms with Crippen molar-refractivity contribution in [2.45, 2.75) is 37.5 Å². The lowest BCUT2D eigenvalue weighted by atomic mass is 10.0. The standard InChI is InChI=1S/C17H24N2O5S/c1-13(2)14-3-5-15(6-4-14)25(23,24)19-11-9-18(10-12-19)16(20)7-8-17(21)22/h3-6,13H,7-12H2,1-2H3,(H,21,22). The molecule has 0 atom stereocenters. The normalized spacial score (nSPS) is 16.2. The summed E-state index contributed by atoms with van der Waals surface area (Å²) in [5, 5.41) is 8.63. The number of aliphatic carboxylic acids is 1. The van der Waals surface area contributed by atoms with Crippen molar-refractivity contribution in [3.05, 3.63) is 29.8 Å². The van der Waals surface area contributed by atoms with Crippen LogP contribution < -0.4 is 0 Å². The zero-order valence-corrected chi connectivity index (χ0v) is 15.3. The molecule has 1 aliphatic heterocycles. The summed E-state index contributed by atoms with van der Waals surface area (Å²) in [6.45, 7) is 5.08. The Morgan fingerprint density at radius 2 is 1.60 bits per heavy atom. The quantitative estimate of drug-likeness (QED) is 0.821. The Balaban J connectivity index is 1.99. The molecule has 1 N–H and O–H groups in total. The lowest BCUT2D eigenvalue weighted by Crippen LogP contribution is -2.50. The predicted molar refractivity (Wildman–Crippen MR) is 92.7 cm³/mol. The molecule has 1 heterocycles. The first-order valence-corrected chi connectivity index (χ1v) is 9.75. The molecular formula is C17H24N2O5S. The maximum Gasteiger partial charge on any atom is 0.303 e. The molecule has 0 bridgehead atoms. The summed E-state index contributed by atoms with van der Waals surface area (Å²) in [4.78, 5) is 24.2. The third kappa shape index (κ3) is 4.79. The summed E-state index contributed by atoms with van der Waals surface area (Å²) in [6.07, 6.45) is -0.266. The van der Waals surface area contributed by atoms with Gasteiger partial charge in [-0.1, -0.05) is 26.0 Å². The Hall–Kier alpha value is -1.93. The van der Waals surface area contributed by atoms with Crippen molar-refractivity contribution in [2.24, 2.45) is 0 Å². The highest BCUT2D eigenvalue weighted by atomic mass is 32.2. The van der Waals surface area contributed by atoms with Crippen molar-refractivity contribution >= 4 is 21.9 Å². The van der Waals surface area contributed by atoms with Crippen LogP contribution >= 0.6 is 0 Å². The molecular weight excluding hydrogens is 344 g/mol. The zero-order chi connectivity index (χ0) is 18.6. The number of piperazine rings is 1. The summed E-state index contributed by atoms with van der Waals surface area (Å²) in [5.74, 6) is -0.933. The van der Waals surface area contributed by atoms with Crippen LogP contribution in [0.1, 0.15) is 38.2 Å². The maximum atomic E-state index is 12.7. The van der Waals surface area contributed by atoms with Gasteiger partial charge in [-0.25, -0.2) is 8.42 Å². The highest BCUT2D eigenvalue weighted by molar-refractivity contribution is 7.89. The first-order valence-electron chi connectivity index (χ1n) is 8.31. The minimum absolute atomic E-state index is 0.0568. The summed E-state index contributed by atoms with van der Waals surface area (Å²) in [6, 6.07) is 6.89. The van der Waals surface area contributed by atoms with Crippen molar-refractivity contribution in [3.8, 4) is 0 Å². The Morgan fingerprint density at radius 3 is 2.08 bits per heavy atom. The van der Waals surface area contributed by atoms with E-state index >= 15 is 0 Å². The summed E-state index contributed by atoms with van der Waals surface area (Å²) in [7, 11) is -3.58. The highest BCUT2D eigenvalue weighted by Crippen LogP contribution is 2.21. The van der Waals surface area contributed by atoms with E-state index in [0.717, 1.165) is 5.56 Å². The fourth-order valence-electron chi connectivity index (χ4n) is 2.72. The fourth-order valence-corrected chi connectivity index (χ4v) is 4.15. The molecule has 25 heavy (non-hydrogen) atoms. The highest BCUT2D eigenvalue weighted by Gasteiger charge is 2.30. The topological polar surface area (TPSA) is 95.0 Å². The minimum atomic E-state index is -3.58. The van der Waals surface area contributed by atoms with E-state index in [1.807, 2.05) is 26.0 Å². The van der Waals surface area contributed by atoms with E-state index in [9.17, 15) is 18.0 Å². The Kier molecular flexibility index (Phi) is 6.18. The number of carbonyl (C=O) groups is 2. The van der Waals surface area contributed by atoms with E-state index in [-0.39, 0.29) is 49.8 Å². The van der Waals surface area contributed by atoms with E-state index in [1.54, 1.807) is 12.1 Å². The molecule has 2 rings (SSSR count). The molecule has 0 aromatic heterocycles. The van der Waals surface area contributed by atoms with Crippen molar-refractivity contribution in [1.82, 2.24) is 9.21 Å². The number of carboxylic acids is 1. The number of carboxylic acid groups (broad SMARTS) is 1. The zero-order valence-electron chi connectivity index (χ0n) is 14.5. The number of hydrogen-bond acceptors (Lipinski definition) is 4. The van der Waals surface area contributed by atoms with Crippen molar-refractivity contribution in [1.29, 1.82) is 0 Å². The number of rotatable bonds is 6. The smallest absolute Gasteiger partial charge is 0.303 e. The molecule has 8 heteroatoms. The van der Waals surface area contributed by atoms with Gasteiger partial charge in [-0.3, -0.25) is 9.59 Å². The second-order valence-corrected chi connectivity index (χ2v) is 8.34. The SMILES string of the molecule is CC(C)c1ccc(S(=O)(=O)N2CCN(C(=O)CCC(=O)O)CC2)cc1. The maximum absolute atomic E-state index is 12.7. The molecule has 1 amide bonds. The van der Waals surface area contributed by atoms with Crippen molar-refractivity contribution in [3.63, 3.8) is 0 Å². The third-order valence-electron chi connectivity index (χ3n) is 4.33. The largest absolute Gasteiger partial charge is 0.481 e. The molecule has 1 aromatic carbocycles. The fraction of sp³-hybridized carbons (Fsp3) is 0.529. The van der Waals surface area contributed by atoms with Gasteiger partial charge in [0, 0.05) is 32.6 Å². The van der Waals surface area contributed by atoms with Crippen molar-refractivity contribution in [2.75, 3.05) is 26.2 Å². The van der Waals surface area contributed by atoms with Gasteiger partial charge in [0.1, 0.15) is 0 Å². The average molecular weight is 368 g/mol. The van der Waals surface area contributed by atoms with Crippen LogP contribution in [0.2, 0.25) is 0 Å². The van der Waals surface area contributed by atoms with Gasteiger partial charge < -0.3 is 10.0 Å². The average Bonchev–Trinajstić information content (AvgIpc) is 2.59. The van der Waals surface area contributed by atoms with Crippen LogP contribution in [-0.2, 0) is 19.6 Å². The van der Waals surface area contributed by atoms with Crippen LogP contribution in [0.5, 0.6) is 0 Å².